The number of nitrogens with one attached hydrogen (secondary N) is 2. The SMILES string of the molecule is CC(=O)Nc1ccc(CC(=O)NC(C(=O)N2CCCc3ccccc32)c2ccccc2)cc1. The fourth-order valence-electron chi connectivity index (χ4n) is 4.16. The maximum absolute atomic E-state index is 13.7. The molecule has 6 heteroatoms. The molecule has 33 heavy (non-hydrogen) atoms. The summed E-state index contributed by atoms with van der Waals surface area (Å²) in [7, 11) is 0. The van der Waals surface area contributed by atoms with Crippen LogP contribution in [0.5, 0.6) is 0 Å². The summed E-state index contributed by atoms with van der Waals surface area (Å²) in [5.74, 6) is -0.526. The van der Waals surface area contributed by atoms with Crippen molar-refractivity contribution in [1.29, 1.82) is 0 Å². The van der Waals surface area contributed by atoms with E-state index in [1.165, 1.54) is 6.92 Å². The van der Waals surface area contributed by atoms with Crippen LogP contribution in [0.1, 0.15) is 36.1 Å². The van der Waals surface area contributed by atoms with Crippen LogP contribution in [0.3, 0.4) is 0 Å². The summed E-state index contributed by atoms with van der Waals surface area (Å²) in [5, 5.41) is 5.67. The van der Waals surface area contributed by atoms with Gasteiger partial charge >= 0.3 is 0 Å². The predicted molar refractivity (Wildman–Crippen MR) is 129 cm³/mol. The minimum absolute atomic E-state index is 0.132. The number of para-hydroxylation sites is 1. The number of amides is 3. The second-order valence-corrected chi connectivity index (χ2v) is 8.19. The summed E-state index contributed by atoms with van der Waals surface area (Å²) in [6.45, 7) is 2.07. The molecule has 0 saturated carbocycles. The van der Waals surface area contributed by atoms with Gasteiger partial charge in [0.1, 0.15) is 6.04 Å². The van der Waals surface area contributed by atoms with Crippen LogP contribution in [0, 0.1) is 0 Å². The molecule has 168 valence electrons. The molecule has 1 atom stereocenters. The lowest BCUT2D eigenvalue weighted by atomic mass is 9.99. The molecule has 0 radical (unpaired) electrons. The van der Waals surface area contributed by atoms with Crippen molar-refractivity contribution in [1.82, 2.24) is 5.32 Å². The molecule has 6 nitrogen and oxygen atoms in total. The first-order chi connectivity index (χ1) is 16.0. The van der Waals surface area contributed by atoms with Crippen molar-refractivity contribution in [3.8, 4) is 0 Å². The number of hydrogen-bond acceptors (Lipinski definition) is 3. The smallest absolute Gasteiger partial charge is 0.254 e. The Hall–Kier alpha value is -3.93. The molecule has 3 aromatic carbocycles. The van der Waals surface area contributed by atoms with Crippen molar-refractivity contribution in [3.05, 3.63) is 95.6 Å². The van der Waals surface area contributed by atoms with Gasteiger partial charge in [0.2, 0.25) is 11.8 Å². The quantitative estimate of drug-likeness (QED) is 0.606. The Bertz CT molecular complexity index is 1140. The molecule has 2 N–H and O–H groups in total. The summed E-state index contributed by atoms with van der Waals surface area (Å²) < 4.78 is 0. The number of carbonyl (C=O) groups excluding carboxylic acids is 3. The molecular weight excluding hydrogens is 414 g/mol. The van der Waals surface area contributed by atoms with E-state index in [1.54, 1.807) is 29.2 Å². The highest BCUT2D eigenvalue weighted by molar-refractivity contribution is 6.00. The first-order valence-corrected chi connectivity index (χ1v) is 11.1. The Morgan fingerprint density at radius 1 is 0.909 bits per heavy atom. The van der Waals surface area contributed by atoms with E-state index in [0.717, 1.165) is 35.2 Å². The van der Waals surface area contributed by atoms with Crippen LogP contribution in [0.15, 0.2) is 78.9 Å². The van der Waals surface area contributed by atoms with E-state index < -0.39 is 6.04 Å². The van der Waals surface area contributed by atoms with Crippen LogP contribution in [0.2, 0.25) is 0 Å². The molecule has 0 bridgehead atoms. The van der Waals surface area contributed by atoms with Crippen LogP contribution in [-0.2, 0) is 27.2 Å². The van der Waals surface area contributed by atoms with Gasteiger partial charge in [0.15, 0.2) is 0 Å². The van der Waals surface area contributed by atoms with Gasteiger partial charge in [0, 0.05) is 24.8 Å². The molecule has 1 unspecified atom stereocenters. The number of nitrogens with zero attached hydrogens (tertiary/aromatic N) is 1. The van der Waals surface area contributed by atoms with Gasteiger partial charge in [-0.3, -0.25) is 14.4 Å². The highest BCUT2D eigenvalue weighted by Crippen LogP contribution is 2.29. The van der Waals surface area contributed by atoms with Crippen LogP contribution >= 0.6 is 0 Å². The summed E-state index contributed by atoms with van der Waals surface area (Å²) in [6.07, 6.45) is 1.96. The highest BCUT2D eigenvalue weighted by Gasteiger charge is 2.30. The largest absolute Gasteiger partial charge is 0.340 e. The van der Waals surface area contributed by atoms with Crippen molar-refractivity contribution in [2.45, 2.75) is 32.2 Å². The monoisotopic (exact) mass is 441 g/mol. The Labute approximate surface area is 193 Å². The Balaban J connectivity index is 1.53. The average Bonchev–Trinajstić information content (AvgIpc) is 2.83. The fraction of sp³-hybridized carbons (Fsp3) is 0.222. The Kier molecular flexibility index (Phi) is 6.83. The molecule has 4 rings (SSSR count). The molecule has 0 aliphatic carbocycles. The third kappa shape index (κ3) is 5.47. The van der Waals surface area contributed by atoms with Gasteiger partial charge in [-0.25, -0.2) is 0 Å². The van der Waals surface area contributed by atoms with E-state index in [1.807, 2.05) is 48.5 Å². The number of aryl methyl sites for hydroxylation is 1. The van der Waals surface area contributed by atoms with Crippen LogP contribution in [0.4, 0.5) is 11.4 Å². The third-order valence-corrected chi connectivity index (χ3v) is 5.70. The number of fused-ring (bicyclic) bond motifs is 1. The second kappa shape index (κ2) is 10.1. The molecule has 1 heterocycles. The van der Waals surface area contributed by atoms with Gasteiger partial charge < -0.3 is 15.5 Å². The molecule has 0 fully saturated rings. The zero-order valence-corrected chi connectivity index (χ0v) is 18.6. The standard InChI is InChI=1S/C27H27N3O3/c1-19(31)28-23-15-13-20(14-16-23)18-25(32)29-26(22-9-3-2-4-10-22)27(33)30-17-7-11-21-8-5-6-12-24(21)30/h2-6,8-10,12-16,26H,7,11,17-18H2,1H3,(H,28,31)(H,29,32). The molecule has 0 aromatic heterocycles. The van der Waals surface area contributed by atoms with Gasteiger partial charge in [0.25, 0.3) is 5.91 Å². The first kappa shape index (κ1) is 22.3. The lowest BCUT2D eigenvalue weighted by Crippen LogP contribution is -2.45. The third-order valence-electron chi connectivity index (χ3n) is 5.70. The van der Waals surface area contributed by atoms with Crippen molar-refractivity contribution < 1.29 is 14.4 Å². The number of rotatable bonds is 6. The molecule has 3 amide bonds. The van der Waals surface area contributed by atoms with Gasteiger partial charge in [-0.15, -0.1) is 0 Å². The zero-order chi connectivity index (χ0) is 23.2. The van der Waals surface area contributed by atoms with E-state index in [4.69, 9.17) is 0 Å². The average molecular weight is 442 g/mol. The fourth-order valence-corrected chi connectivity index (χ4v) is 4.16. The Morgan fingerprint density at radius 2 is 1.61 bits per heavy atom. The summed E-state index contributed by atoms with van der Waals surface area (Å²) in [4.78, 5) is 39.6. The first-order valence-electron chi connectivity index (χ1n) is 11.1. The second-order valence-electron chi connectivity index (χ2n) is 8.19. The van der Waals surface area contributed by atoms with E-state index in [2.05, 4.69) is 16.7 Å². The van der Waals surface area contributed by atoms with Gasteiger partial charge in [-0.05, 0) is 47.7 Å². The number of benzene rings is 3. The summed E-state index contributed by atoms with van der Waals surface area (Å²) in [6, 6.07) is 23.6. The lowest BCUT2D eigenvalue weighted by Gasteiger charge is -2.32. The molecule has 1 aliphatic rings. The number of anilines is 2. The van der Waals surface area contributed by atoms with Gasteiger partial charge in [-0.1, -0.05) is 60.7 Å². The highest BCUT2D eigenvalue weighted by atomic mass is 16.2. The van der Waals surface area contributed by atoms with Crippen LogP contribution in [0.25, 0.3) is 0 Å². The lowest BCUT2D eigenvalue weighted by molar-refractivity contribution is -0.127. The maximum atomic E-state index is 13.7. The summed E-state index contributed by atoms with van der Waals surface area (Å²) in [5.41, 5.74) is 4.28. The van der Waals surface area contributed by atoms with Crippen LogP contribution < -0.4 is 15.5 Å². The Morgan fingerprint density at radius 3 is 2.33 bits per heavy atom. The van der Waals surface area contributed by atoms with E-state index in [0.29, 0.717) is 12.2 Å². The van der Waals surface area contributed by atoms with Crippen molar-refractivity contribution in [2.24, 2.45) is 0 Å². The molecule has 0 saturated heterocycles. The molecule has 3 aromatic rings. The molecule has 0 spiro atoms. The minimum atomic E-state index is -0.775. The van der Waals surface area contributed by atoms with E-state index in [-0.39, 0.29) is 24.1 Å². The van der Waals surface area contributed by atoms with Gasteiger partial charge in [0.05, 0.1) is 6.42 Å². The van der Waals surface area contributed by atoms with Crippen molar-refractivity contribution in [3.63, 3.8) is 0 Å². The van der Waals surface area contributed by atoms with Crippen molar-refractivity contribution >= 4 is 29.1 Å². The molecular formula is C27H27N3O3. The van der Waals surface area contributed by atoms with Crippen LogP contribution in [-0.4, -0.2) is 24.3 Å². The normalized spacial score (nSPS) is 13.5. The number of hydrogen-bond donors (Lipinski definition) is 2. The van der Waals surface area contributed by atoms with Crippen molar-refractivity contribution in [2.75, 3.05) is 16.8 Å². The minimum Gasteiger partial charge on any atom is -0.340 e. The van der Waals surface area contributed by atoms with E-state index in [9.17, 15) is 14.4 Å². The predicted octanol–water partition coefficient (Wildman–Crippen LogP) is 4.02. The van der Waals surface area contributed by atoms with E-state index >= 15 is 0 Å². The topological polar surface area (TPSA) is 78.5 Å². The maximum Gasteiger partial charge on any atom is 0.254 e. The van der Waals surface area contributed by atoms with Gasteiger partial charge in [-0.2, -0.15) is 0 Å². The summed E-state index contributed by atoms with van der Waals surface area (Å²) >= 11 is 0. The molecule has 1 aliphatic heterocycles. The number of carbonyl (C=O) groups is 3. The zero-order valence-electron chi connectivity index (χ0n) is 18.6.